The SMILES string of the molecule is Cc1ccc(CN(C)C2CCNC2)c(-c2cnn(C)c2)c1. The van der Waals surface area contributed by atoms with Crippen LogP contribution in [0.3, 0.4) is 0 Å². The molecule has 112 valence electrons. The van der Waals surface area contributed by atoms with E-state index in [9.17, 15) is 0 Å². The minimum absolute atomic E-state index is 0.646. The van der Waals surface area contributed by atoms with Gasteiger partial charge in [0, 0.05) is 37.9 Å². The Morgan fingerprint density at radius 1 is 1.43 bits per heavy atom. The molecule has 1 aromatic carbocycles. The van der Waals surface area contributed by atoms with Gasteiger partial charge in [-0.15, -0.1) is 0 Å². The highest BCUT2D eigenvalue weighted by Gasteiger charge is 2.20. The molecule has 2 aromatic rings. The molecule has 1 aliphatic heterocycles. The lowest BCUT2D eigenvalue weighted by atomic mass is 9.99. The number of nitrogens with one attached hydrogen (secondary N) is 1. The van der Waals surface area contributed by atoms with Gasteiger partial charge in [-0.05, 0) is 38.1 Å². The molecule has 1 aromatic heterocycles. The molecule has 3 rings (SSSR count). The smallest absolute Gasteiger partial charge is 0.0568 e. The molecular weight excluding hydrogens is 260 g/mol. The standard InChI is InChI=1S/C17H24N4/c1-13-4-5-14(11-20(2)16-6-7-18-10-16)17(8-13)15-9-19-21(3)12-15/h4-5,8-9,12,16,18H,6-7,10-11H2,1-3H3. The van der Waals surface area contributed by atoms with Crippen LogP contribution in [0.1, 0.15) is 17.5 Å². The number of nitrogens with zero attached hydrogens (tertiary/aromatic N) is 3. The molecule has 4 heteroatoms. The molecule has 1 fully saturated rings. The van der Waals surface area contributed by atoms with Crippen molar-refractivity contribution in [2.24, 2.45) is 7.05 Å². The Balaban J connectivity index is 1.87. The third-order valence-corrected chi connectivity index (χ3v) is 4.36. The van der Waals surface area contributed by atoms with E-state index < -0.39 is 0 Å². The van der Waals surface area contributed by atoms with Crippen LogP contribution in [0.2, 0.25) is 0 Å². The summed E-state index contributed by atoms with van der Waals surface area (Å²) in [5.74, 6) is 0. The molecular formula is C17H24N4. The highest BCUT2D eigenvalue weighted by atomic mass is 15.2. The zero-order valence-corrected chi connectivity index (χ0v) is 13.1. The summed E-state index contributed by atoms with van der Waals surface area (Å²) in [6, 6.07) is 7.38. The lowest BCUT2D eigenvalue weighted by Gasteiger charge is -2.24. The summed E-state index contributed by atoms with van der Waals surface area (Å²) in [6.45, 7) is 5.37. The summed E-state index contributed by atoms with van der Waals surface area (Å²) in [5.41, 5.74) is 5.18. The van der Waals surface area contributed by atoms with Crippen LogP contribution in [-0.2, 0) is 13.6 Å². The van der Waals surface area contributed by atoms with Crippen LogP contribution in [0.4, 0.5) is 0 Å². The van der Waals surface area contributed by atoms with Gasteiger partial charge in [-0.3, -0.25) is 9.58 Å². The van der Waals surface area contributed by atoms with Crippen molar-refractivity contribution in [1.82, 2.24) is 20.0 Å². The van der Waals surface area contributed by atoms with E-state index in [1.807, 2.05) is 17.9 Å². The number of likely N-dealkylation sites (N-methyl/N-ethyl adjacent to an activating group) is 1. The fraction of sp³-hybridized carbons (Fsp3) is 0.471. The maximum Gasteiger partial charge on any atom is 0.0568 e. The number of hydrogen-bond donors (Lipinski definition) is 1. The van der Waals surface area contributed by atoms with E-state index in [0.717, 1.165) is 19.6 Å². The van der Waals surface area contributed by atoms with Gasteiger partial charge < -0.3 is 5.32 Å². The maximum atomic E-state index is 4.31. The summed E-state index contributed by atoms with van der Waals surface area (Å²) in [7, 11) is 4.19. The molecule has 1 aliphatic rings. The molecule has 0 saturated carbocycles. The molecule has 4 nitrogen and oxygen atoms in total. The van der Waals surface area contributed by atoms with Gasteiger partial charge in [0.05, 0.1) is 6.20 Å². The van der Waals surface area contributed by atoms with Crippen LogP contribution in [0, 0.1) is 6.92 Å². The van der Waals surface area contributed by atoms with Crippen LogP contribution >= 0.6 is 0 Å². The molecule has 1 saturated heterocycles. The normalized spacial score (nSPS) is 18.6. The second kappa shape index (κ2) is 6.00. The lowest BCUT2D eigenvalue weighted by Crippen LogP contribution is -2.33. The monoisotopic (exact) mass is 284 g/mol. The third kappa shape index (κ3) is 3.17. The van der Waals surface area contributed by atoms with Gasteiger partial charge in [-0.1, -0.05) is 23.8 Å². The highest BCUT2D eigenvalue weighted by molar-refractivity contribution is 5.66. The third-order valence-electron chi connectivity index (χ3n) is 4.36. The minimum Gasteiger partial charge on any atom is -0.315 e. The molecule has 0 bridgehead atoms. The Hall–Kier alpha value is -1.65. The van der Waals surface area contributed by atoms with Gasteiger partial charge in [0.1, 0.15) is 0 Å². The number of rotatable bonds is 4. The van der Waals surface area contributed by atoms with Gasteiger partial charge in [-0.25, -0.2) is 0 Å². The van der Waals surface area contributed by atoms with E-state index in [1.54, 1.807) is 0 Å². The van der Waals surface area contributed by atoms with Crippen molar-refractivity contribution in [1.29, 1.82) is 0 Å². The molecule has 21 heavy (non-hydrogen) atoms. The van der Waals surface area contributed by atoms with Crippen molar-refractivity contribution < 1.29 is 0 Å². The van der Waals surface area contributed by atoms with Gasteiger partial charge in [0.15, 0.2) is 0 Å². The molecule has 2 heterocycles. The van der Waals surface area contributed by atoms with Crippen LogP contribution in [-0.4, -0.2) is 40.9 Å². The molecule has 1 atom stereocenters. The van der Waals surface area contributed by atoms with Crippen molar-refractivity contribution >= 4 is 0 Å². The molecule has 1 unspecified atom stereocenters. The van der Waals surface area contributed by atoms with Crippen LogP contribution in [0.5, 0.6) is 0 Å². The van der Waals surface area contributed by atoms with Gasteiger partial charge >= 0.3 is 0 Å². The fourth-order valence-corrected chi connectivity index (χ4v) is 3.07. The average molecular weight is 284 g/mol. The zero-order chi connectivity index (χ0) is 14.8. The number of aryl methyl sites for hydroxylation is 2. The van der Waals surface area contributed by atoms with Gasteiger partial charge in [-0.2, -0.15) is 5.10 Å². The molecule has 0 aliphatic carbocycles. The molecule has 0 radical (unpaired) electrons. The zero-order valence-electron chi connectivity index (χ0n) is 13.1. The van der Waals surface area contributed by atoms with Crippen LogP contribution < -0.4 is 5.32 Å². The molecule has 0 spiro atoms. The van der Waals surface area contributed by atoms with E-state index in [-0.39, 0.29) is 0 Å². The first kappa shape index (κ1) is 14.3. The number of benzene rings is 1. The second-order valence-electron chi connectivity index (χ2n) is 6.13. The summed E-state index contributed by atoms with van der Waals surface area (Å²) in [5, 5.41) is 7.76. The Morgan fingerprint density at radius 2 is 2.29 bits per heavy atom. The first-order chi connectivity index (χ1) is 10.1. The van der Waals surface area contributed by atoms with Crippen LogP contribution in [0.25, 0.3) is 11.1 Å². The number of hydrogen-bond acceptors (Lipinski definition) is 3. The van der Waals surface area contributed by atoms with E-state index in [4.69, 9.17) is 0 Å². The predicted molar refractivity (Wildman–Crippen MR) is 86.1 cm³/mol. The van der Waals surface area contributed by atoms with Crippen molar-refractivity contribution in [2.45, 2.75) is 25.9 Å². The van der Waals surface area contributed by atoms with Crippen molar-refractivity contribution in [3.05, 3.63) is 41.7 Å². The summed E-state index contributed by atoms with van der Waals surface area (Å²) in [4.78, 5) is 2.46. The van der Waals surface area contributed by atoms with E-state index >= 15 is 0 Å². The largest absolute Gasteiger partial charge is 0.315 e. The fourth-order valence-electron chi connectivity index (χ4n) is 3.07. The van der Waals surface area contributed by atoms with E-state index in [1.165, 1.54) is 28.7 Å². The number of aromatic nitrogens is 2. The summed E-state index contributed by atoms with van der Waals surface area (Å²) in [6.07, 6.45) is 5.29. The average Bonchev–Trinajstić information content (AvgIpc) is 3.11. The van der Waals surface area contributed by atoms with E-state index in [0.29, 0.717) is 6.04 Å². The Labute approximate surface area is 126 Å². The summed E-state index contributed by atoms with van der Waals surface area (Å²) >= 11 is 0. The maximum absolute atomic E-state index is 4.31. The van der Waals surface area contributed by atoms with E-state index in [2.05, 4.69) is 53.7 Å². The molecule has 0 amide bonds. The van der Waals surface area contributed by atoms with Gasteiger partial charge in [0.25, 0.3) is 0 Å². The topological polar surface area (TPSA) is 33.1 Å². The Bertz CT molecular complexity index is 611. The second-order valence-corrected chi connectivity index (χ2v) is 6.13. The van der Waals surface area contributed by atoms with Gasteiger partial charge in [0.2, 0.25) is 0 Å². The Morgan fingerprint density at radius 3 is 2.95 bits per heavy atom. The Kier molecular flexibility index (Phi) is 4.08. The predicted octanol–water partition coefficient (Wildman–Crippen LogP) is 2.19. The van der Waals surface area contributed by atoms with Crippen LogP contribution in [0.15, 0.2) is 30.6 Å². The minimum atomic E-state index is 0.646. The van der Waals surface area contributed by atoms with Crippen molar-refractivity contribution in [3.63, 3.8) is 0 Å². The lowest BCUT2D eigenvalue weighted by molar-refractivity contribution is 0.249. The van der Waals surface area contributed by atoms with Crippen molar-refractivity contribution in [3.8, 4) is 11.1 Å². The van der Waals surface area contributed by atoms with Crippen molar-refractivity contribution in [2.75, 3.05) is 20.1 Å². The summed E-state index contributed by atoms with van der Waals surface area (Å²) < 4.78 is 1.87. The quantitative estimate of drug-likeness (QED) is 0.934. The first-order valence-corrected chi connectivity index (χ1v) is 7.63. The highest BCUT2D eigenvalue weighted by Crippen LogP contribution is 2.26. The first-order valence-electron chi connectivity index (χ1n) is 7.63. The molecule has 1 N–H and O–H groups in total.